The average molecular weight is 289 g/mol. The molecule has 5 heteroatoms. The Bertz CT molecular complexity index is 537. The van der Waals surface area contributed by atoms with Crippen LogP contribution in [0.2, 0.25) is 15.2 Å². The zero-order valence-corrected chi connectivity index (χ0v) is 10.9. The van der Waals surface area contributed by atoms with Crippen LogP contribution >= 0.6 is 34.8 Å². The monoisotopic (exact) mass is 287 g/mol. The van der Waals surface area contributed by atoms with Crippen molar-refractivity contribution in [3.05, 3.63) is 51.1 Å². The van der Waals surface area contributed by atoms with Crippen molar-refractivity contribution in [1.29, 1.82) is 0 Å². The van der Waals surface area contributed by atoms with Gasteiger partial charge in [0.1, 0.15) is 5.15 Å². The number of halogens is 3. The summed E-state index contributed by atoms with van der Waals surface area (Å²) in [5.74, 6) is 0. The highest BCUT2D eigenvalue weighted by molar-refractivity contribution is 6.35. The summed E-state index contributed by atoms with van der Waals surface area (Å²) >= 11 is 17.7. The number of aliphatic hydroxyl groups is 1. The molecule has 0 aliphatic carbocycles. The van der Waals surface area contributed by atoms with Crippen LogP contribution < -0.4 is 0 Å². The van der Waals surface area contributed by atoms with Gasteiger partial charge in [0.2, 0.25) is 0 Å². The maximum Gasteiger partial charge on any atom is 0.135 e. The Morgan fingerprint density at radius 2 is 1.65 bits per heavy atom. The van der Waals surface area contributed by atoms with Crippen LogP contribution in [-0.2, 0) is 6.61 Å². The number of hydrogen-bond donors (Lipinski definition) is 1. The largest absolute Gasteiger partial charge is 0.392 e. The Morgan fingerprint density at radius 1 is 1.00 bits per heavy atom. The van der Waals surface area contributed by atoms with Crippen molar-refractivity contribution >= 4 is 34.8 Å². The molecule has 0 atom stereocenters. The molecule has 1 heterocycles. The first kappa shape index (κ1) is 12.7. The summed E-state index contributed by atoms with van der Waals surface area (Å²) in [6.45, 7) is -0.136. The maximum atomic E-state index is 9.00. The van der Waals surface area contributed by atoms with E-state index in [4.69, 9.17) is 39.9 Å². The molecule has 0 spiro atoms. The quantitative estimate of drug-likeness (QED) is 0.840. The van der Waals surface area contributed by atoms with Gasteiger partial charge < -0.3 is 5.11 Å². The summed E-state index contributed by atoms with van der Waals surface area (Å²) < 4.78 is 0. The van der Waals surface area contributed by atoms with E-state index in [1.165, 1.54) is 0 Å². The van der Waals surface area contributed by atoms with Crippen LogP contribution in [-0.4, -0.2) is 10.1 Å². The van der Waals surface area contributed by atoms with E-state index in [0.717, 1.165) is 5.56 Å². The van der Waals surface area contributed by atoms with Gasteiger partial charge in [0.25, 0.3) is 0 Å². The van der Waals surface area contributed by atoms with Gasteiger partial charge in [-0.1, -0.05) is 40.9 Å². The van der Waals surface area contributed by atoms with Gasteiger partial charge in [-0.2, -0.15) is 0 Å². The minimum absolute atomic E-state index is 0.136. The van der Waals surface area contributed by atoms with Crippen molar-refractivity contribution in [3.63, 3.8) is 0 Å². The molecule has 17 heavy (non-hydrogen) atoms. The van der Waals surface area contributed by atoms with Crippen LogP contribution in [0.3, 0.4) is 0 Å². The second-order valence-electron chi connectivity index (χ2n) is 3.46. The summed E-state index contributed by atoms with van der Waals surface area (Å²) in [6, 6.07) is 8.64. The molecule has 1 aromatic carbocycles. The Hall–Kier alpha value is -0.800. The van der Waals surface area contributed by atoms with Crippen LogP contribution in [0.5, 0.6) is 0 Å². The fourth-order valence-electron chi connectivity index (χ4n) is 1.44. The molecule has 2 rings (SSSR count). The molecule has 0 unspecified atom stereocenters. The molecule has 0 saturated carbocycles. The molecule has 0 amide bonds. The van der Waals surface area contributed by atoms with E-state index >= 15 is 0 Å². The number of aliphatic hydroxyl groups excluding tert-OH is 1. The first-order valence-electron chi connectivity index (χ1n) is 4.83. The number of aromatic nitrogens is 1. The zero-order valence-electron chi connectivity index (χ0n) is 8.62. The van der Waals surface area contributed by atoms with Crippen LogP contribution in [0, 0.1) is 0 Å². The molecule has 1 N–H and O–H groups in total. The number of nitrogens with zero attached hydrogens (tertiary/aromatic N) is 1. The summed E-state index contributed by atoms with van der Waals surface area (Å²) in [5, 5.41) is 10.4. The van der Waals surface area contributed by atoms with E-state index in [9.17, 15) is 0 Å². The first-order valence-corrected chi connectivity index (χ1v) is 5.96. The molecular weight excluding hydrogens is 280 g/mol. The normalized spacial score (nSPS) is 10.6. The SMILES string of the molecule is OCc1ccc(-c2cc(Cl)cc(Cl)c2)nc1Cl. The number of benzene rings is 1. The Morgan fingerprint density at radius 3 is 2.18 bits per heavy atom. The third-order valence-corrected chi connectivity index (χ3v) is 3.02. The van der Waals surface area contributed by atoms with Gasteiger partial charge >= 0.3 is 0 Å². The van der Waals surface area contributed by atoms with Gasteiger partial charge in [-0.3, -0.25) is 0 Å². The van der Waals surface area contributed by atoms with Crippen LogP contribution in [0.4, 0.5) is 0 Å². The Labute approximate surface area is 114 Å². The summed E-state index contributed by atoms with van der Waals surface area (Å²) in [7, 11) is 0. The second kappa shape index (κ2) is 5.23. The lowest BCUT2D eigenvalue weighted by molar-refractivity contribution is 0.281. The van der Waals surface area contributed by atoms with Crippen LogP contribution in [0.25, 0.3) is 11.3 Å². The Balaban J connectivity index is 2.49. The standard InChI is InChI=1S/C12H8Cl3NO/c13-9-3-8(4-10(14)5-9)11-2-1-7(6-17)12(15)16-11/h1-5,17H,6H2. The molecule has 0 fully saturated rings. The van der Waals surface area contributed by atoms with Crippen molar-refractivity contribution in [2.45, 2.75) is 6.61 Å². The molecule has 0 saturated heterocycles. The highest BCUT2D eigenvalue weighted by atomic mass is 35.5. The van der Waals surface area contributed by atoms with Gasteiger partial charge in [0.05, 0.1) is 12.3 Å². The fourth-order valence-corrected chi connectivity index (χ4v) is 2.18. The zero-order chi connectivity index (χ0) is 12.4. The van der Waals surface area contributed by atoms with Gasteiger partial charge in [-0.05, 0) is 24.3 Å². The lowest BCUT2D eigenvalue weighted by Crippen LogP contribution is -1.91. The van der Waals surface area contributed by atoms with Crippen molar-refractivity contribution in [2.75, 3.05) is 0 Å². The van der Waals surface area contributed by atoms with E-state index in [2.05, 4.69) is 4.98 Å². The van der Waals surface area contributed by atoms with Crippen molar-refractivity contribution in [3.8, 4) is 11.3 Å². The molecule has 0 radical (unpaired) electrons. The molecule has 0 bridgehead atoms. The van der Waals surface area contributed by atoms with Crippen molar-refractivity contribution in [2.24, 2.45) is 0 Å². The number of pyridine rings is 1. The predicted octanol–water partition coefficient (Wildman–Crippen LogP) is 4.20. The molecular formula is C12H8Cl3NO. The number of rotatable bonds is 2. The van der Waals surface area contributed by atoms with Crippen molar-refractivity contribution < 1.29 is 5.11 Å². The molecule has 88 valence electrons. The summed E-state index contributed by atoms with van der Waals surface area (Å²) in [5.41, 5.74) is 2.04. The maximum absolute atomic E-state index is 9.00. The van der Waals surface area contributed by atoms with E-state index in [0.29, 0.717) is 21.3 Å². The molecule has 1 aromatic heterocycles. The predicted molar refractivity (Wildman–Crippen MR) is 70.6 cm³/mol. The van der Waals surface area contributed by atoms with E-state index in [-0.39, 0.29) is 11.8 Å². The van der Waals surface area contributed by atoms with E-state index < -0.39 is 0 Å². The highest BCUT2D eigenvalue weighted by Gasteiger charge is 2.06. The Kier molecular flexibility index (Phi) is 3.89. The number of hydrogen-bond acceptors (Lipinski definition) is 2. The molecule has 2 nitrogen and oxygen atoms in total. The smallest absolute Gasteiger partial charge is 0.135 e. The lowest BCUT2D eigenvalue weighted by atomic mass is 10.1. The van der Waals surface area contributed by atoms with Crippen LogP contribution in [0.1, 0.15) is 5.56 Å². The average Bonchev–Trinajstić information content (AvgIpc) is 2.27. The summed E-state index contributed by atoms with van der Waals surface area (Å²) in [4.78, 5) is 4.18. The first-order chi connectivity index (χ1) is 8.10. The topological polar surface area (TPSA) is 33.1 Å². The van der Waals surface area contributed by atoms with E-state index in [1.54, 1.807) is 30.3 Å². The minimum atomic E-state index is -0.136. The van der Waals surface area contributed by atoms with Crippen molar-refractivity contribution in [1.82, 2.24) is 4.98 Å². The van der Waals surface area contributed by atoms with Gasteiger partial charge in [0.15, 0.2) is 0 Å². The summed E-state index contributed by atoms with van der Waals surface area (Å²) in [6.07, 6.45) is 0. The van der Waals surface area contributed by atoms with E-state index in [1.807, 2.05) is 0 Å². The second-order valence-corrected chi connectivity index (χ2v) is 4.69. The third kappa shape index (κ3) is 2.90. The molecule has 0 aliphatic heterocycles. The lowest BCUT2D eigenvalue weighted by Gasteiger charge is -2.05. The van der Waals surface area contributed by atoms with Gasteiger partial charge in [-0.15, -0.1) is 0 Å². The van der Waals surface area contributed by atoms with Crippen LogP contribution in [0.15, 0.2) is 30.3 Å². The van der Waals surface area contributed by atoms with Gasteiger partial charge in [0, 0.05) is 21.2 Å². The molecule has 2 aromatic rings. The third-order valence-electron chi connectivity index (χ3n) is 2.25. The highest BCUT2D eigenvalue weighted by Crippen LogP contribution is 2.27. The van der Waals surface area contributed by atoms with Gasteiger partial charge in [-0.25, -0.2) is 4.98 Å². The minimum Gasteiger partial charge on any atom is -0.392 e. The fraction of sp³-hybridized carbons (Fsp3) is 0.0833. The molecule has 0 aliphatic rings.